The molecule has 0 spiro atoms. The van der Waals surface area contributed by atoms with Crippen molar-refractivity contribution < 1.29 is 0 Å². The number of allylic oxidation sites excluding steroid dienone is 4. The van der Waals surface area contributed by atoms with Gasteiger partial charge in [0.15, 0.2) is 0 Å². The number of imidazole rings is 1. The maximum absolute atomic E-state index is 13.5. The minimum atomic E-state index is -0.0649. The Hall–Kier alpha value is -2.94. The van der Waals surface area contributed by atoms with Crippen LogP contribution in [0.2, 0.25) is 0 Å². The van der Waals surface area contributed by atoms with Crippen LogP contribution < -0.4 is 15.8 Å². The van der Waals surface area contributed by atoms with E-state index in [9.17, 15) is 4.79 Å². The highest BCUT2D eigenvalue weighted by Gasteiger charge is 2.20. The number of rotatable bonds is 5. The number of benzene rings is 1. The number of hydrogen-bond donors (Lipinski definition) is 1. The third-order valence-corrected chi connectivity index (χ3v) is 8.46. The number of anilines is 1. The van der Waals surface area contributed by atoms with Crippen molar-refractivity contribution in [3.63, 3.8) is 0 Å². The van der Waals surface area contributed by atoms with E-state index >= 15 is 0 Å². The van der Waals surface area contributed by atoms with E-state index in [-0.39, 0.29) is 10.9 Å². The van der Waals surface area contributed by atoms with E-state index in [1.165, 1.54) is 30.6 Å². The van der Waals surface area contributed by atoms with Gasteiger partial charge in [-0.15, -0.1) is 22.9 Å². The molecule has 0 amide bonds. The molecule has 4 aromatic rings. The lowest BCUT2D eigenvalue weighted by Crippen LogP contribution is -2.37. The van der Waals surface area contributed by atoms with Crippen LogP contribution in [0.25, 0.3) is 32.5 Å². The summed E-state index contributed by atoms with van der Waals surface area (Å²) in [6, 6.07) is 8.49. The van der Waals surface area contributed by atoms with E-state index in [4.69, 9.17) is 16.6 Å². The van der Waals surface area contributed by atoms with Crippen LogP contribution in [0.1, 0.15) is 30.6 Å². The van der Waals surface area contributed by atoms with E-state index in [1.54, 1.807) is 10.9 Å². The largest absolute Gasteiger partial charge is 0.348 e. The summed E-state index contributed by atoms with van der Waals surface area (Å²) in [6.45, 7) is 1.95. The van der Waals surface area contributed by atoms with Gasteiger partial charge in [-0.2, -0.15) is 0 Å². The standard InChI is InChI=1S/C27H29ClN6OS/c1-32(2)27-31-21-13-20(10-11-23(21)33(27)15-19-5-3-4-12-29-19)34-16-30-22-14-24(36-25(22)26(34)35)17-6-8-18(28)9-7-17/h6-8,10-11,13-14,16,18-19,29H,3-5,9,12,15H2,1-2H3. The normalized spacial score (nSPS) is 20.2. The third kappa shape index (κ3) is 4.27. The van der Waals surface area contributed by atoms with Crippen LogP contribution in [0.15, 0.2) is 53.6 Å². The molecule has 3 aromatic heterocycles. The van der Waals surface area contributed by atoms with E-state index in [1.807, 2.05) is 44.4 Å². The highest BCUT2D eigenvalue weighted by atomic mass is 35.5. The van der Waals surface area contributed by atoms with Gasteiger partial charge in [0.25, 0.3) is 5.56 Å². The van der Waals surface area contributed by atoms with Gasteiger partial charge in [-0.25, -0.2) is 9.97 Å². The first-order valence-corrected chi connectivity index (χ1v) is 13.7. The molecule has 1 aliphatic carbocycles. The molecule has 0 saturated carbocycles. The maximum Gasteiger partial charge on any atom is 0.275 e. The number of hydrogen-bond acceptors (Lipinski definition) is 6. The Bertz CT molecular complexity index is 1560. The van der Waals surface area contributed by atoms with Crippen LogP contribution in [0.4, 0.5) is 5.95 Å². The van der Waals surface area contributed by atoms with Gasteiger partial charge in [0.2, 0.25) is 5.95 Å². The zero-order valence-corrected chi connectivity index (χ0v) is 22.0. The van der Waals surface area contributed by atoms with Crippen LogP contribution in [-0.2, 0) is 6.54 Å². The summed E-state index contributed by atoms with van der Waals surface area (Å²) >= 11 is 7.66. The Morgan fingerprint density at radius 3 is 2.86 bits per heavy atom. The highest BCUT2D eigenvalue weighted by Crippen LogP contribution is 2.32. The molecule has 0 bridgehead atoms. The molecule has 1 N–H and O–H groups in total. The van der Waals surface area contributed by atoms with Gasteiger partial charge < -0.3 is 14.8 Å². The number of nitrogens with zero attached hydrogens (tertiary/aromatic N) is 5. The molecule has 4 heterocycles. The number of thiophene rings is 1. The van der Waals surface area contributed by atoms with Crippen molar-refractivity contribution in [3.05, 3.63) is 64.1 Å². The number of fused-ring (bicyclic) bond motifs is 2. The quantitative estimate of drug-likeness (QED) is 0.377. The van der Waals surface area contributed by atoms with Crippen molar-refractivity contribution >= 4 is 55.7 Å². The number of halogens is 1. The molecule has 2 aliphatic rings. The molecule has 186 valence electrons. The van der Waals surface area contributed by atoms with E-state index in [0.717, 1.165) is 58.1 Å². The second kappa shape index (κ2) is 9.50. The van der Waals surface area contributed by atoms with Gasteiger partial charge >= 0.3 is 0 Å². The summed E-state index contributed by atoms with van der Waals surface area (Å²) in [5.41, 5.74) is 4.47. The summed E-state index contributed by atoms with van der Waals surface area (Å²) in [4.78, 5) is 26.1. The maximum atomic E-state index is 13.5. The lowest BCUT2D eigenvalue weighted by molar-refractivity contribution is 0.366. The Morgan fingerprint density at radius 2 is 2.11 bits per heavy atom. The van der Waals surface area contributed by atoms with Gasteiger partial charge in [0.1, 0.15) is 11.0 Å². The minimum Gasteiger partial charge on any atom is -0.348 e. The van der Waals surface area contributed by atoms with Crippen LogP contribution in [0.3, 0.4) is 0 Å². The summed E-state index contributed by atoms with van der Waals surface area (Å²) in [5.74, 6) is 0.923. The number of piperidine rings is 1. The van der Waals surface area contributed by atoms with Crippen molar-refractivity contribution in [1.82, 2.24) is 24.4 Å². The van der Waals surface area contributed by atoms with Gasteiger partial charge in [-0.05, 0) is 55.6 Å². The average Bonchev–Trinajstić information content (AvgIpc) is 3.48. The van der Waals surface area contributed by atoms with Crippen LogP contribution in [0.5, 0.6) is 0 Å². The molecule has 1 aromatic carbocycles. The van der Waals surface area contributed by atoms with Crippen molar-refractivity contribution in [2.75, 3.05) is 25.5 Å². The molecule has 36 heavy (non-hydrogen) atoms. The van der Waals surface area contributed by atoms with Gasteiger partial charge in [-0.1, -0.05) is 24.6 Å². The van der Waals surface area contributed by atoms with Crippen molar-refractivity contribution in [2.45, 2.75) is 43.6 Å². The van der Waals surface area contributed by atoms with Gasteiger partial charge in [0.05, 0.1) is 27.6 Å². The second-order valence-electron chi connectivity index (χ2n) is 9.75. The summed E-state index contributed by atoms with van der Waals surface area (Å²) < 4.78 is 4.56. The monoisotopic (exact) mass is 520 g/mol. The Kier molecular flexibility index (Phi) is 6.19. The Labute approximate surface area is 218 Å². The second-order valence-corrected chi connectivity index (χ2v) is 11.4. The predicted octanol–water partition coefficient (Wildman–Crippen LogP) is 4.96. The molecule has 6 rings (SSSR count). The average molecular weight is 521 g/mol. The molecule has 2 atom stereocenters. The highest BCUT2D eigenvalue weighted by molar-refractivity contribution is 7.20. The van der Waals surface area contributed by atoms with Crippen LogP contribution in [0, 0.1) is 0 Å². The molecule has 2 unspecified atom stereocenters. The molecule has 0 radical (unpaired) electrons. The SMILES string of the molecule is CN(C)c1nc2cc(-n3cnc4cc(C5=CCC(Cl)C=C5)sc4c3=O)ccc2n1CC1CCCCN1. The first-order chi connectivity index (χ1) is 17.5. The zero-order valence-electron chi connectivity index (χ0n) is 20.4. The molecule has 1 fully saturated rings. The van der Waals surface area contributed by atoms with E-state index in [2.05, 4.69) is 31.9 Å². The number of alkyl halides is 1. The smallest absolute Gasteiger partial charge is 0.275 e. The fraction of sp³-hybridized carbons (Fsp3) is 0.370. The van der Waals surface area contributed by atoms with E-state index in [0.29, 0.717) is 10.7 Å². The Balaban J connectivity index is 1.38. The fourth-order valence-electron chi connectivity index (χ4n) is 5.09. The molecule has 7 nitrogen and oxygen atoms in total. The number of nitrogens with one attached hydrogen (secondary N) is 1. The van der Waals surface area contributed by atoms with Crippen LogP contribution in [-0.4, -0.2) is 51.2 Å². The molecule has 1 aliphatic heterocycles. The number of aromatic nitrogens is 4. The predicted molar refractivity (Wildman–Crippen MR) is 150 cm³/mol. The van der Waals surface area contributed by atoms with Gasteiger partial charge in [-0.3, -0.25) is 9.36 Å². The fourth-order valence-corrected chi connectivity index (χ4v) is 6.32. The Morgan fingerprint density at radius 1 is 1.22 bits per heavy atom. The first kappa shape index (κ1) is 23.5. The lowest BCUT2D eigenvalue weighted by atomic mass is 10.1. The first-order valence-electron chi connectivity index (χ1n) is 12.4. The summed E-state index contributed by atoms with van der Waals surface area (Å²) in [6.07, 6.45) is 12.2. The molecule has 9 heteroatoms. The summed E-state index contributed by atoms with van der Waals surface area (Å²) in [7, 11) is 4.04. The van der Waals surface area contributed by atoms with Crippen molar-refractivity contribution in [1.29, 1.82) is 0 Å². The minimum absolute atomic E-state index is 0.0313. The van der Waals surface area contributed by atoms with Crippen molar-refractivity contribution in [3.8, 4) is 5.69 Å². The zero-order chi connectivity index (χ0) is 24.8. The molecular weight excluding hydrogens is 492 g/mol. The third-order valence-electron chi connectivity index (χ3n) is 6.98. The molecular formula is C27H29ClN6OS. The van der Waals surface area contributed by atoms with E-state index < -0.39 is 0 Å². The molecule has 1 saturated heterocycles. The summed E-state index contributed by atoms with van der Waals surface area (Å²) in [5, 5.41) is 3.67. The van der Waals surface area contributed by atoms with Gasteiger partial charge in [0, 0.05) is 31.6 Å². The topological polar surface area (TPSA) is 68.0 Å². The lowest BCUT2D eigenvalue weighted by Gasteiger charge is -2.25. The van der Waals surface area contributed by atoms with Crippen molar-refractivity contribution in [2.24, 2.45) is 0 Å². The van der Waals surface area contributed by atoms with Crippen LogP contribution >= 0.6 is 22.9 Å².